The molecular weight excluding hydrogens is 303 g/mol. The zero-order chi connectivity index (χ0) is 16.8. The molecule has 0 spiro atoms. The van der Waals surface area contributed by atoms with E-state index in [1.165, 1.54) is 13.2 Å². The Morgan fingerprint density at radius 1 is 0.917 bits per heavy atom. The van der Waals surface area contributed by atoms with Crippen LogP contribution in [-0.2, 0) is 0 Å². The van der Waals surface area contributed by atoms with Gasteiger partial charge in [-0.15, -0.1) is 0 Å². The first kappa shape index (κ1) is 15.7. The molecule has 0 aliphatic carbocycles. The summed E-state index contributed by atoms with van der Waals surface area (Å²) < 4.78 is 18.8. The summed E-state index contributed by atoms with van der Waals surface area (Å²) in [6.07, 6.45) is 1.73. The number of hydrazone groups is 1. The summed E-state index contributed by atoms with van der Waals surface area (Å²) in [6, 6.07) is 22.4. The third-order valence-corrected chi connectivity index (χ3v) is 3.55. The SMILES string of the molecule is COc1ccc(-c2cccc(C=NNc3ccccc3)c2)cc1F. The lowest BCUT2D eigenvalue weighted by molar-refractivity contribution is 0.386. The van der Waals surface area contributed by atoms with Crippen molar-refractivity contribution in [2.45, 2.75) is 0 Å². The maximum Gasteiger partial charge on any atom is 0.165 e. The van der Waals surface area contributed by atoms with E-state index in [9.17, 15) is 4.39 Å². The Kier molecular flexibility index (Phi) is 4.87. The number of benzene rings is 3. The third kappa shape index (κ3) is 3.79. The van der Waals surface area contributed by atoms with E-state index in [2.05, 4.69) is 10.5 Å². The molecule has 0 fully saturated rings. The van der Waals surface area contributed by atoms with Crippen molar-refractivity contribution in [3.05, 3.63) is 84.2 Å². The number of rotatable bonds is 5. The van der Waals surface area contributed by atoms with Gasteiger partial charge in [-0.3, -0.25) is 5.43 Å². The molecule has 0 saturated carbocycles. The minimum atomic E-state index is -0.375. The number of anilines is 1. The highest BCUT2D eigenvalue weighted by atomic mass is 19.1. The van der Waals surface area contributed by atoms with Crippen molar-refractivity contribution in [2.24, 2.45) is 5.10 Å². The maximum atomic E-state index is 13.9. The zero-order valence-electron chi connectivity index (χ0n) is 13.2. The van der Waals surface area contributed by atoms with Gasteiger partial charge in [-0.25, -0.2) is 4.39 Å². The van der Waals surface area contributed by atoms with Crippen LogP contribution < -0.4 is 10.2 Å². The third-order valence-electron chi connectivity index (χ3n) is 3.55. The molecule has 0 amide bonds. The molecule has 0 aliphatic heterocycles. The van der Waals surface area contributed by atoms with Gasteiger partial charge in [0.1, 0.15) is 0 Å². The Morgan fingerprint density at radius 2 is 1.71 bits per heavy atom. The smallest absolute Gasteiger partial charge is 0.165 e. The molecule has 3 nitrogen and oxygen atoms in total. The molecule has 1 N–H and O–H groups in total. The van der Waals surface area contributed by atoms with Gasteiger partial charge >= 0.3 is 0 Å². The Morgan fingerprint density at radius 3 is 2.46 bits per heavy atom. The molecule has 0 unspecified atom stereocenters. The Balaban J connectivity index is 1.78. The van der Waals surface area contributed by atoms with Gasteiger partial charge < -0.3 is 4.74 Å². The summed E-state index contributed by atoms with van der Waals surface area (Å²) >= 11 is 0. The standard InChI is InChI=1S/C20H17FN2O/c1-24-20-11-10-17(13-19(20)21)16-7-5-6-15(12-16)14-22-23-18-8-3-2-4-9-18/h2-14,23H,1H3. The van der Waals surface area contributed by atoms with Crippen LogP contribution in [0, 0.1) is 5.82 Å². The molecule has 0 radical (unpaired) electrons. The molecule has 0 heterocycles. The first-order chi connectivity index (χ1) is 11.8. The number of hydrogen-bond donors (Lipinski definition) is 1. The Hall–Kier alpha value is -3.14. The molecule has 0 aromatic heterocycles. The van der Waals surface area contributed by atoms with Gasteiger partial charge in [-0.1, -0.05) is 42.5 Å². The predicted octanol–water partition coefficient (Wildman–Crippen LogP) is 4.95. The summed E-state index contributed by atoms with van der Waals surface area (Å²) in [5.74, 6) is -0.136. The number of ether oxygens (including phenoxy) is 1. The van der Waals surface area contributed by atoms with Gasteiger partial charge in [0, 0.05) is 0 Å². The second-order valence-corrected chi connectivity index (χ2v) is 5.21. The predicted molar refractivity (Wildman–Crippen MR) is 96.0 cm³/mol. The lowest BCUT2D eigenvalue weighted by Gasteiger charge is -2.06. The molecule has 3 aromatic carbocycles. The number of nitrogens with zero attached hydrogens (tertiary/aromatic N) is 1. The highest BCUT2D eigenvalue weighted by molar-refractivity contribution is 5.83. The quantitative estimate of drug-likeness (QED) is 0.533. The number of methoxy groups -OCH3 is 1. The maximum absolute atomic E-state index is 13.9. The molecule has 4 heteroatoms. The molecule has 0 saturated heterocycles. The number of para-hydroxylation sites is 1. The summed E-state index contributed by atoms with van der Waals surface area (Å²) in [4.78, 5) is 0. The fraction of sp³-hybridized carbons (Fsp3) is 0.0500. The van der Waals surface area contributed by atoms with Crippen LogP contribution in [0.1, 0.15) is 5.56 Å². The van der Waals surface area contributed by atoms with Crippen molar-refractivity contribution in [2.75, 3.05) is 12.5 Å². The minimum absolute atomic E-state index is 0.239. The van der Waals surface area contributed by atoms with E-state index in [0.29, 0.717) is 0 Å². The van der Waals surface area contributed by atoms with Crippen molar-refractivity contribution < 1.29 is 9.13 Å². The van der Waals surface area contributed by atoms with Crippen molar-refractivity contribution in [1.82, 2.24) is 0 Å². The van der Waals surface area contributed by atoms with Crippen LogP contribution in [0.3, 0.4) is 0 Å². The van der Waals surface area contributed by atoms with Crippen molar-refractivity contribution >= 4 is 11.9 Å². The largest absolute Gasteiger partial charge is 0.494 e. The highest BCUT2D eigenvalue weighted by Crippen LogP contribution is 2.25. The average molecular weight is 320 g/mol. The number of nitrogens with one attached hydrogen (secondary N) is 1. The van der Waals surface area contributed by atoms with Crippen LogP contribution >= 0.6 is 0 Å². The van der Waals surface area contributed by atoms with Crippen LogP contribution in [0.15, 0.2) is 77.9 Å². The number of halogens is 1. The first-order valence-corrected chi connectivity index (χ1v) is 7.54. The van der Waals surface area contributed by atoms with E-state index in [-0.39, 0.29) is 11.6 Å². The van der Waals surface area contributed by atoms with E-state index < -0.39 is 0 Å². The topological polar surface area (TPSA) is 33.6 Å². The van der Waals surface area contributed by atoms with Gasteiger partial charge in [0.25, 0.3) is 0 Å². The summed E-state index contributed by atoms with van der Waals surface area (Å²) in [5, 5.41) is 4.22. The molecule has 24 heavy (non-hydrogen) atoms. The van der Waals surface area contributed by atoms with Crippen LogP contribution in [0.2, 0.25) is 0 Å². The molecule has 0 atom stereocenters. The van der Waals surface area contributed by atoms with Crippen molar-refractivity contribution in [3.63, 3.8) is 0 Å². The van der Waals surface area contributed by atoms with Gasteiger partial charge in [0.2, 0.25) is 0 Å². The normalized spacial score (nSPS) is 10.8. The van der Waals surface area contributed by atoms with Crippen molar-refractivity contribution in [1.29, 1.82) is 0 Å². The molecule has 120 valence electrons. The van der Waals surface area contributed by atoms with Crippen molar-refractivity contribution in [3.8, 4) is 16.9 Å². The Labute approximate surface area is 140 Å². The van der Waals surface area contributed by atoms with Gasteiger partial charge in [-0.05, 0) is 47.0 Å². The average Bonchev–Trinajstić information content (AvgIpc) is 2.63. The summed E-state index contributed by atoms with van der Waals surface area (Å²) in [5.41, 5.74) is 6.52. The first-order valence-electron chi connectivity index (χ1n) is 7.54. The van der Waals surface area contributed by atoms with E-state index >= 15 is 0 Å². The summed E-state index contributed by atoms with van der Waals surface area (Å²) in [7, 11) is 1.45. The highest BCUT2D eigenvalue weighted by Gasteiger charge is 2.05. The molecule has 0 bridgehead atoms. The van der Waals surface area contributed by atoms with E-state index in [1.54, 1.807) is 12.3 Å². The molecular formula is C20H17FN2O. The van der Waals surface area contributed by atoms with Gasteiger partial charge in [0.15, 0.2) is 11.6 Å². The fourth-order valence-electron chi connectivity index (χ4n) is 2.34. The van der Waals surface area contributed by atoms with E-state index in [4.69, 9.17) is 4.74 Å². The second kappa shape index (κ2) is 7.42. The van der Waals surface area contributed by atoms with Crippen LogP contribution in [-0.4, -0.2) is 13.3 Å². The zero-order valence-corrected chi connectivity index (χ0v) is 13.2. The van der Waals surface area contributed by atoms with Crippen LogP contribution in [0.5, 0.6) is 5.75 Å². The molecule has 3 rings (SSSR count). The summed E-state index contributed by atoms with van der Waals surface area (Å²) in [6.45, 7) is 0. The monoisotopic (exact) mass is 320 g/mol. The van der Waals surface area contributed by atoms with Crippen LogP contribution in [0.4, 0.5) is 10.1 Å². The molecule has 3 aromatic rings. The number of hydrogen-bond acceptors (Lipinski definition) is 3. The lowest BCUT2D eigenvalue weighted by atomic mass is 10.0. The van der Waals surface area contributed by atoms with Gasteiger partial charge in [0.05, 0.1) is 19.0 Å². The fourth-order valence-corrected chi connectivity index (χ4v) is 2.34. The van der Waals surface area contributed by atoms with E-state index in [0.717, 1.165) is 22.4 Å². The van der Waals surface area contributed by atoms with E-state index in [1.807, 2.05) is 60.7 Å². The van der Waals surface area contributed by atoms with Gasteiger partial charge in [-0.2, -0.15) is 5.10 Å². The minimum Gasteiger partial charge on any atom is -0.494 e. The molecule has 0 aliphatic rings. The Bertz CT molecular complexity index is 847. The lowest BCUT2D eigenvalue weighted by Crippen LogP contribution is -1.91. The van der Waals surface area contributed by atoms with Crippen LogP contribution in [0.25, 0.3) is 11.1 Å². The second-order valence-electron chi connectivity index (χ2n) is 5.21.